The normalized spacial score (nSPS) is 10.1. The van der Waals surface area contributed by atoms with Crippen molar-refractivity contribution in [1.82, 2.24) is 4.98 Å². The fourth-order valence-corrected chi connectivity index (χ4v) is 2.30. The number of carbonyl (C=O) groups excluding carboxylic acids is 1. The first-order valence-corrected chi connectivity index (χ1v) is 7.24. The Kier molecular flexibility index (Phi) is 4.34. The van der Waals surface area contributed by atoms with Crippen LogP contribution in [0.3, 0.4) is 0 Å². The molecule has 1 N–H and O–H groups in total. The third-order valence-corrected chi connectivity index (χ3v) is 3.47. The summed E-state index contributed by atoms with van der Waals surface area (Å²) >= 11 is 0. The van der Waals surface area contributed by atoms with E-state index >= 15 is 0 Å². The highest BCUT2D eigenvalue weighted by molar-refractivity contribution is 6.05. The van der Waals surface area contributed by atoms with Gasteiger partial charge in [0.05, 0.1) is 7.11 Å². The van der Waals surface area contributed by atoms with Crippen LogP contribution < -0.4 is 10.1 Å². The smallest absolute Gasteiger partial charge is 0.274 e. The number of anilines is 1. The van der Waals surface area contributed by atoms with Crippen LogP contribution in [0, 0.1) is 0 Å². The highest BCUT2D eigenvalue weighted by atomic mass is 16.5. The van der Waals surface area contributed by atoms with Gasteiger partial charge in [0.25, 0.3) is 5.91 Å². The number of benzene rings is 2. The molecule has 0 saturated heterocycles. The van der Waals surface area contributed by atoms with Crippen LogP contribution in [0.15, 0.2) is 72.9 Å². The van der Waals surface area contributed by atoms with Gasteiger partial charge in [0, 0.05) is 17.4 Å². The number of nitrogens with one attached hydrogen (secondary N) is 1. The molecule has 0 atom stereocenters. The van der Waals surface area contributed by atoms with E-state index in [4.69, 9.17) is 4.74 Å². The highest BCUT2D eigenvalue weighted by Gasteiger charge is 2.10. The van der Waals surface area contributed by atoms with Crippen LogP contribution in [-0.2, 0) is 0 Å². The summed E-state index contributed by atoms with van der Waals surface area (Å²) in [6.45, 7) is 0. The number of para-hydroxylation sites is 1. The minimum absolute atomic E-state index is 0.230. The molecule has 0 bridgehead atoms. The average molecular weight is 304 g/mol. The molecule has 3 aromatic rings. The summed E-state index contributed by atoms with van der Waals surface area (Å²) in [7, 11) is 1.63. The highest BCUT2D eigenvalue weighted by Crippen LogP contribution is 2.29. The quantitative estimate of drug-likeness (QED) is 0.792. The number of hydrogen-bond acceptors (Lipinski definition) is 3. The van der Waals surface area contributed by atoms with Crippen molar-refractivity contribution in [1.29, 1.82) is 0 Å². The van der Waals surface area contributed by atoms with Crippen molar-refractivity contribution in [3.63, 3.8) is 0 Å². The van der Waals surface area contributed by atoms with E-state index in [1.54, 1.807) is 31.5 Å². The fraction of sp³-hybridized carbons (Fsp3) is 0.0526. The summed E-state index contributed by atoms with van der Waals surface area (Å²) in [5.41, 5.74) is 3.08. The monoisotopic (exact) mass is 304 g/mol. The van der Waals surface area contributed by atoms with Gasteiger partial charge >= 0.3 is 0 Å². The molecule has 23 heavy (non-hydrogen) atoms. The van der Waals surface area contributed by atoms with Gasteiger partial charge in [-0.25, -0.2) is 0 Å². The third kappa shape index (κ3) is 3.37. The Balaban J connectivity index is 1.90. The summed E-state index contributed by atoms with van der Waals surface area (Å²) in [6.07, 6.45) is 1.60. The van der Waals surface area contributed by atoms with E-state index in [1.165, 1.54) is 0 Å². The summed E-state index contributed by atoms with van der Waals surface area (Å²) in [4.78, 5) is 16.4. The van der Waals surface area contributed by atoms with Gasteiger partial charge in [-0.3, -0.25) is 9.78 Å². The first-order chi connectivity index (χ1) is 11.3. The van der Waals surface area contributed by atoms with Crippen molar-refractivity contribution in [2.24, 2.45) is 0 Å². The zero-order valence-corrected chi connectivity index (χ0v) is 12.7. The number of aromatic nitrogens is 1. The van der Waals surface area contributed by atoms with Crippen molar-refractivity contribution in [3.05, 3.63) is 78.6 Å². The molecule has 0 fully saturated rings. The number of rotatable bonds is 4. The molecule has 0 radical (unpaired) electrons. The largest absolute Gasteiger partial charge is 0.497 e. The van der Waals surface area contributed by atoms with Gasteiger partial charge in [-0.05, 0) is 35.9 Å². The lowest BCUT2D eigenvalue weighted by Gasteiger charge is -2.11. The maximum atomic E-state index is 12.3. The number of nitrogens with zero attached hydrogens (tertiary/aromatic N) is 1. The van der Waals surface area contributed by atoms with Gasteiger partial charge < -0.3 is 10.1 Å². The Morgan fingerprint density at radius 3 is 2.39 bits per heavy atom. The topological polar surface area (TPSA) is 51.2 Å². The predicted molar refractivity (Wildman–Crippen MR) is 90.6 cm³/mol. The van der Waals surface area contributed by atoms with E-state index in [0.29, 0.717) is 5.69 Å². The molecule has 114 valence electrons. The van der Waals surface area contributed by atoms with E-state index in [0.717, 1.165) is 22.6 Å². The molecule has 4 nitrogen and oxygen atoms in total. The Bertz CT molecular complexity index is 799. The molecule has 4 heteroatoms. The summed E-state index contributed by atoms with van der Waals surface area (Å²) in [5, 5.41) is 2.92. The standard InChI is InChI=1S/C19H16N2O2/c1-23-15-11-9-14(10-12-15)16-6-2-3-7-17(16)21-19(22)18-8-4-5-13-20-18/h2-13H,1H3,(H,21,22). The lowest BCUT2D eigenvalue weighted by Crippen LogP contribution is -2.13. The van der Waals surface area contributed by atoms with Crippen molar-refractivity contribution >= 4 is 11.6 Å². The Labute approximate surface area is 134 Å². The van der Waals surface area contributed by atoms with Gasteiger partial charge in [-0.15, -0.1) is 0 Å². The lowest BCUT2D eigenvalue weighted by molar-refractivity contribution is 0.102. The van der Waals surface area contributed by atoms with Crippen LogP contribution in [-0.4, -0.2) is 18.0 Å². The van der Waals surface area contributed by atoms with E-state index in [2.05, 4.69) is 10.3 Å². The van der Waals surface area contributed by atoms with Gasteiger partial charge in [0.1, 0.15) is 11.4 Å². The van der Waals surface area contributed by atoms with E-state index < -0.39 is 0 Å². The van der Waals surface area contributed by atoms with Crippen LogP contribution >= 0.6 is 0 Å². The second-order valence-corrected chi connectivity index (χ2v) is 4.94. The lowest BCUT2D eigenvalue weighted by atomic mass is 10.0. The molecule has 3 rings (SSSR count). The van der Waals surface area contributed by atoms with Crippen molar-refractivity contribution in [2.75, 3.05) is 12.4 Å². The molecule has 0 aliphatic rings. The summed E-state index contributed by atoms with van der Waals surface area (Å²) in [6, 6.07) is 20.6. The van der Waals surface area contributed by atoms with Crippen LogP contribution in [0.1, 0.15) is 10.5 Å². The van der Waals surface area contributed by atoms with Crippen LogP contribution in [0.4, 0.5) is 5.69 Å². The van der Waals surface area contributed by atoms with Crippen molar-refractivity contribution < 1.29 is 9.53 Å². The SMILES string of the molecule is COc1ccc(-c2ccccc2NC(=O)c2ccccn2)cc1. The zero-order valence-electron chi connectivity index (χ0n) is 12.7. The van der Waals surface area contributed by atoms with Gasteiger partial charge in [-0.1, -0.05) is 36.4 Å². The van der Waals surface area contributed by atoms with Crippen LogP contribution in [0.2, 0.25) is 0 Å². The molecule has 0 unspecified atom stereocenters. The number of hydrogen-bond donors (Lipinski definition) is 1. The third-order valence-electron chi connectivity index (χ3n) is 3.47. The maximum Gasteiger partial charge on any atom is 0.274 e. The average Bonchev–Trinajstić information content (AvgIpc) is 2.63. The molecule has 1 aromatic heterocycles. The molecule has 1 heterocycles. The second kappa shape index (κ2) is 6.75. The first kappa shape index (κ1) is 14.8. The summed E-state index contributed by atoms with van der Waals surface area (Å²) < 4.78 is 5.18. The molecular formula is C19H16N2O2. The van der Waals surface area contributed by atoms with Crippen LogP contribution in [0.5, 0.6) is 5.75 Å². The Hall–Kier alpha value is -3.14. The van der Waals surface area contributed by atoms with Gasteiger partial charge in [-0.2, -0.15) is 0 Å². The second-order valence-electron chi connectivity index (χ2n) is 4.94. The minimum atomic E-state index is -0.230. The van der Waals surface area contributed by atoms with E-state index in [1.807, 2.05) is 48.5 Å². The molecule has 0 spiro atoms. The molecule has 0 aliphatic heterocycles. The maximum absolute atomic E-state index is 12.3. The first-order valence-electron chi connectivity index (χ1n) is 7.24. The number of pyridine rings is 1. The molecular weight excluding hydrogens is 288 g/mol. The van der Waals surface area contributed by atoms with Crippen LogP contribution in [0.25, 0.3) is 11.1 Å². The zero-order chi connectivity index (χ0) is 16.1. The number of amides is 1. The van der Waals surface area contributed by atoms with Crippen molar-refractivity contribution in [3.8, 4) is 16.9 Å². The Morgan fingerprint density at radius 1 is 0.957 bits per heavy atom. The molecule has 0 aliphatic carbocycles. The van der Waals surface area contributed by atoms with Crippen molar-refractivity contribution in [2.45, 2.75) is 0 Å². The number of methoxy groups -OCH3 is 1. The minimum Gasteiger partial charge on any atom is -0.497 e. The number of carbonyl (C=O) groups is 1. The molecule has 0 saturated carbocycles. The van der Waals surface area contributed by atoms with E-state index in [-0.39, 0.29) is 5.91 Å². The number of ether oxygens (including phenoxy) is 1. The molecule has 1 amide bonds. The van der Waals surface area contributed by atoms with Gasteiger partial charge in [0.15, 0.2) is 0 Å². The fourth-order valence-electron chi connectivity index (χ4n) is 2.30. The van der Waals surface area contributed by atoms with Gasteiger partial charge in [0.2, 0.25) is 0 Å². The van der Waals surface area contributed by atoms with E-state index in [9.17, 15) is 4.79 Å². The predicted octanol–water partition coefficient (Wildman–Crippen LogP) is 4.01. The summed E-state index contributed by atoms with van der Waals surface area (Å²) in [5.74, 6) is 0.565. The Morgan fingerprint density at radius 2 is 1.70 bits per heavy atom. The molecule has 2 aromatic carbocycles.